The average molecular weight is 328 g/mol. The minimum absolute atomic E-state index is 0.00901. The van der Waals surface area contributed by atoms with Crippen molar-refractivity contribution in [1.29, 1.82) is 0 Å². The molecule has 0 unspecified atom stereocenters. The molecule has 2 rings (SSSR count). The number of nitrogens with one attached hydrogen (secondary N) is 2. The van der Waals surface area contributed by atoms with E-state index in [9.17, 15) is 14.0 Å². The highest BCUT2D eigenvalue weighted by atomic mass is 35.5. The second-order valence-electron chi connectivity index (χ2n) is 4.06. The predicted molar refractivity (Wildman–Crippen MR) is 80.0 cm³/mol. The van der Waals surface area contributed by atoms with Crippen LogP contribution in [0.1, 0.15) is 12.8 Å². The molecule has 0 fully saturated rings. The number of halogens is 2. The molecule has 1 heterocycles. The van der Waals surface area contributed by atoms with Gasteiger partial charge in [0.2, 0.25) is 11.8 Å². The molecule has 0 aliphatic rings. The number of hydrogen-bond acceptors (Lipinski definition) is 4. The Morgan fingerprint density at radius 1 is 1.24 bits per heavy atom. The Labute approximate surface area is 129 Å². The van der Waals surface area contributed by atoms with Crippen molar-refractivity contribution in [1.82, 2.24) is 4.98 Å². The van der Waals surface area contributed by atoms with Crippen LogP contribution in [0.2, 0.25) is 5.02 Å². The Morgan fingerprint density at radius 2 is 1.95 bits per heavy atom. The molecule has 0 saturated carbocycles. The number of aromatic nitrogens is 1. The third-order valence-electron chi connectivity index (χ3n) is 2.46. The summed E-state index contributed by atoms with van der Waals surface area (Å²) in [4.78, 5) is 27.2. The molecule has 2 aromatic rings. The van der Waals surface area contributed by atoms with Crippen molar-refractivity contribution in [3.63, 3.8) is 0 Å². The molecule has 0 saturated heterocycles. The minimum Gasteiger partial charge on any atom is -0.325 e. The van der Waals surface area contributed by atoms with Gasteiger partial charge in [-0.15, -0.1) is 11.3 Å². The average Bonchev–Trinajstić information content (AvgIpc) is 2.92. The maximum Gasteiger partial charge on any atom is 0.226 e. The maximum absolute atomic E-state index is 12.9. The van der Waals surface area contributed by atoms with Crippen molar-refractivity contribution in [2.24, 2.45) is 0 Å². The van der Waals surface area contributed by atoms with Crippen LogP contribution in [0.4, 0.5) is 15.2 Å². The minimum atomic E-state index is -0.485. The summed E-state index contributed by atoms with van der Waals surface area (Å²) in [5.74, 6) is -1.16. The summed E-state index contributed by atoms with van der Waals surface area (Å²) in [6.07, 6.45) is 1.58. The van der Waals surface area contributed by atoms with Crippen molar-refractivity contribution >= 4 is 45.6 Å². The summed E-state index contributed by atoms with van der Waals surface area (Å²) in [6.45, 7) is 0. The summed E-state index contributed by atoms with van der Waals surface area (Å²) in [6, 6.07) is 3.66. The number of carbonyl (C=O) groups excluding carboxylic acids is 2. The van der Waals surface area contributed by atoms with Crippen LogP contribution in [0.15, 0.2) is 29.8 Å². The topological polar surface area (TPSA) is 71.1 Å². The van der Waals surface area contributed by atoms with Crippen LogP contribution in [-0.2, 0) is 9.59 Å². The second kappa shape index (κ2) is 7.14. The van der Waals surface area contributed by atoms with Gasteiger partial charge in [0.25, 0.3) is 0 Å². The summed E-state index contributed by atoms with van der Waals surface area (Å²) in [7, 11) is 0. The van der Waals surface area contributed by atoms with E-state index in [1.54, 1.807) is 11.6 Å². The molecule has 8 heteroatoms. The number of hydrogen-bond donors (Lipinski definition) is 2. The first-order valence-electron chi connectivity index (χ1n) is 5.99. The molecule has 110 valence electrons. The number of benzene rings is 1. The van der Waals surface area contributed by atoms with Crippen molar-refractivity contribution in [2.75, 3.05) is 10.6 Å². The quantitative estimate of drug-likeness (QED) is 0.885. The molecule has 0 aliphatic carbocycles. The van der Waals surface area contributed by atoms with E-state index < -0.39 is 5.82 Å². The van der Waals surface area contributed by atoms with Gasteiger partial charge < -0.3 is 10.6 Å². The van der Waals surface area contributed by atoms with E-state index in [-0.39, 0.29) is 29.7 Å². The van der Waals surface area contributed by atoms with Crippen LogP contribution in [0, 0.1) is 5.82 Å². The lowest BCUT2D eigenvalue weighted by Gasteiger charge is -2.07. The molecule has 0 aliphatic heterocycles. The number of carbonyl (C=O) groups is 2. The first kappa shape index (κ1) is 15.4. The zero-order valence-electron chi connectivity index (χ0n) is 10.7. The zero-order chi connectivity index (χ0) is 15.2. The third-order valence-corrected chi connectivity index (χ3v) is 3.46. The fraction of sp³-hybridized carbons (Fsp3) is 0.154. The van der Waals surface area contributed by atoms with Gasteiger partial charge in [-0.3, -0.25) is 9.59 Å². The van der Waals surface area contributed by atoms with Gasteiger partial charge in [0, 0.05) is 24.4 Å². The lowest BCUT2D eigenvalue weighted by atomic mass is 10.2. The molecule has 2 amide bonds. The number of rotatable bonds is 5. The number of amides is 2. The van der Waals surface area contributed by atoms with Crippen LogP contribution in [0.5, 0.6) is 0 Å². The van der Waals surface area contributed by atoms with Crippen molar-refractivity contribution in [2.45, 2.75) is 12.8 Å². The van der Waals surface area contributed by atoms with Gasteiger partial charge in [0.15, 0.2) is 5.13 Å². The fourth-order valence-electron chi connectivity index (χ4n) is 1.50. The summed E-state index contributed by atoms with van der Waals surface area (Å²) in [5.41, 5.74) is 0.309. The highest BCUT2D eigenvalue weighted by Crippen LogP contribution is 2.22. The molecule has 21 heavy (non-hydrogen) atoms. The van der Waals surface area contributed by atoms with Crippen LogP contribution < -0.4 is 10.6 Å². The molecule has 5 nitrogen and oxygen atoms in total. The van der Waals surface area contributed by atoms with Crippen LogP contribution in [0.25, 0.3) is 0 Å². The SMILES string of the molecule is O=C(CCC(=O)Nc1ccc(F)cc1Cl)Nc1nccs1. The highest BCUT2D eigenvalue weighted by Gasteiger charge is 2.10. The lowest BCUT2D eigenvalue weighted by molar-refractivity contribution is -0.121. The van der Waals surface area contributed by atoms with E-state index in [0.717, 1.165) is 6.07 Å². The molecule has 1 aromatic carbocycles. The van der Waals surface area contributed by atoms with Gasteiger partial charge >= 0.3 is 0 Å². The summed E-state index contributed by atoms with van der Waals surface area (Å²) in [5, 5.41) is 7.42. The first-order valence-corrected chi connectivity index (χ1v) is 7.24. The predicted octanol–water partition coefficient (Wildman–Crippen LogP) is 3.29. The van der Waals surface area contributed by atoms with Crippen LogP contribution in [0.3, 0.4) is 0 Å². The Kier molecular flexibility index (Phi) is 5.24. The second-order valence-corrected chi connectivity index (χ2v) is 5.36. The van der Waals surface area contributed by atoms with Crippen molar-refractivity contribution in [3.8, 4) is 0 Å². The molecule has 0 spiro atoms. The van der Waals surface area contributed by atoms with Crippen molar-refractivity contribution < 1.29 is 14.0 Å². The lowest BCUT2D eigenvalue weighted by Crippen LogP contribution is -2.17. The van der Waals surface area contributed by atoms with E-state index in [0.29, 0.717) is 10.8 Å². The Hall–Kier alpha value is -1.99. The van der Waals surface area contributed by atoms with Crippen molar-refractivity contribution in [3.05, 3.63) is 40.6 Å². The Morgan fingerprint density at radius 3 is 2.57 bits per heavy atom. The molecule has 0 atom stereocenters. The maximum atomic E-state index is 12.9. The Bertz CT molecular complexity index is 649. The standard InChI is InChI=1S/C13H11ClFN3O2S/c14-9-7-8(15)1-2-10(9)17-11(19)3-4-12(20)18-13-16-5-6-21-13/h1-2,5-7H,3-4H2,(H,17,19)(H,16,18,20). The van der Waals surface area contributed by atoms with E-state index in [2.05, 4.69) is 15.6 Å². The van der Waals surface area contributed by atoms with Crippen LogP contribution >= 0.6 is 22.9 Å². The fourth-order valence-corrected chi connectivity index (χ4v) is 2.26. The molecule has 0 radical (unpaired) electrons. The number of nitrogens with zero attached hydrogens (tertiary/aromatic N) is 1. The van der Waals surface area contributed by atoms with Crippen LogP contribution in [-0.4, -0.2) is 16.8 Å². The molecular formula is C13H11ClFN3O2S. The molecule has 0 bridgehead atoms. The van der Waals surface area contributed by atoms with Gasteiger partial charge in [0.05, 0.1) is 10.7 Å². The van der Waals surface area contributed by atoms with E-state index in [1.807, 2.05) is 0 Å². The van der Waals surface area contributed by atoms with Gasteiger partial charge in [-0.2, -0.15) is 0 Å². The monoisotopic (exact) mass is 327 g/mol. The molecular weight excluding hydrogens is 317 g/mol. The third kappa shape index (κ3) is 4.80. The summed E-state index contributed by atoms with van der Waals surface area (Å²) < 4.78 is 12.9. The first-order chi connectivity index (χ1) is 10.0. The van der Waals surface area contributed by atoms with E-state index >= 15 is 0 Å². The number of anilines is 2. The van der Waals surface area contributed by atoms with Gasteiger partial charge in [-0.05, 0) is 18.2 Å². The molecule has 1 aromatic heterocycles. The van der Waals surface area contributed by atoms with E-state index in [1.165, 1.54) is 23.5 Å². The Balaban J connectivity index is 1.80. The largest absolute Gasteiger partial charge is 0.325 e. The smallest absolute Gasteiger partial charge is 0.226 e. The molecule has 2 N–H and O–H groups in total. The number of thiazole rings is 1. The zero-order valence-corrected chi connectivity index (χ0v) is 12.3. The highest BCUT2D eigenvalue weighted by molar-refractivity contribution is 7.13. The normalized spacial score (nSPS) is 10.2. The van der Waals surface area contributed by atoms with Gasteiger partial charge in [0.1, 0.15) is 5.82 Å². The van der Waals surface area contributed by atoms with Gasteiger partial charge in [-0.25, -0.2) is 9.37 Å². The van der Waals surface area contributed by atoms with E-state index in [4.69, 9.17) is 11.6 Å². The van der Waals surface area contributed by atoms with Gasteiger partial charge in [-0.1, -0.05) is 11.6 Å². The summed E-state index contributed by atoms with van der Waals surface area (Å²) >= 11 is 7.09.